The van der Waals surface area contributed by atoms with Gasteiger partial charge in [-0.15, -0.1) is 0 Å². The summed E-state index contributed by atoms with van der Waals surface area (Å²) in [5, 5.41) is 9.75. The van der Waals surface area contributed by atoms with Crippen molar-refractivity contribution in [1.82, 2.24) is 0 Å². The van der Waals surface area contributed by atoms with E-state index in [0.717, 1.165) is 6.26 Å². The Kier molecular flexibility index (Phi) is 3.93. The standard InChI is InChI=1S/C11H17NO3S/c1-8(6-7-12)11-9(13)4-3-5-10(11)16(2,14)15/h3-5,8,13H,6-7,12H2,1-2H3. The summed E-state index contributed by atoms with van der Waals surface area (Å²) < 4.78 is 23.1. The zero-order chi connectivity index (χ0) is 12.3. The molecule has 16 heavy (non-hydrogen) atoms. The molecule has 0 spiro atoms. The number of aromatic hydroxyl groups is 1. The fourth-order valence-electron chi connectivity index (χ4n) is 1.75. The first-order chi connectivity index (χ1) is 7.38. The van der Waals surface area contributed by atoms with Crippen LogP contribution in [0.15, 0.2) is 23.1 Å². The van der Waals surface area contributed by atoms with Gasteiger partial charge in [0.05, 0.1) is 4.90 Å². The molecule has 1 aromatic rings. The molecule has 1 unspecified atom stereocenters. The third kappa shape index (κ3) is 2.74. The molecule has 0 saturated heterocycles. The Morgan fingerprint density at radius 1 is 1.44 bits per heavy atom. The predicted molar refractivity (Wildman–Crippen MR) is 63.3 cm³/mol. The van der Waals surface area contributed by atoms with Gasteiger partial charge in [-0.3, -0.25) is 0 Å². The molecule has 1 atom stereocenters. The lowest BCUT2D eigenvalue weighted by Crippen LogP contribution is -2.09. The van der Waals surface area contributed by atoms with Gasteiger partial charge in [-0.25, -0.2) is 8.42 Å². The highest BCUT2D eigenvalue weighted by molar-refractivity contribution is 7.90. The monoisotopic (exact) mass is 243 g/mol. The summed E-state index contributed by atoms with van der Waals surface area (Å²) in [5.74, 6) is -0.0557. The van der Waals surface area contributed by atoms with E-state index in [0.29, 0.717) is 18.5 Å². The number of phenols is 1. The molecule has 1 aromatic carbocycles. The number of sulfone groups is 1. The number of phenolic OH excluding ortho intramolecular Hbond substituents is 1. The van der Waals surface area contributed by atoms with Gasteiger partial charge in [0.1, 0.15) is 5.75 Å². The summed E-state index contributed by atoms with van der Waals surface area (Å²) in [6.07, 6.45) is 1.78. The average Bonchev–Trinajstić information content (AvgIpc) is 2.16. The van der Waals surface area contributed by atoms with E-state index in [-0.39, 0.29) is 16.6 Å². The van der Waals surface area contributed by atoms with Crippen LogP contribution in [0.25, 0.3) is 0 Å². The highest BCUT2D eigenvalue weighted by Gasteiger charge is 2.20. The Labute approximate surface area is 96.0 Å². The molecule has 4 nitrogen and oxygen atoms in total. The minimum atomic E-state index is -3.32. The molecular weight excluding hydrogens is 226 g/mol. The van der Waals surface area contributed by atoms with Crippen molar-refractivity contribution in [2.24, 2.45) is 5.73 Å². The molecule has 5 heteroatoms. The van der Waals surface area contributed by atoms with Crippen molar-refractivity contribution in [3.8, 4) is 5.75 Å². The van der Waals surface area contributed by atoms with Crippen LogP contribution in [0.1, 0.15) is 24.8 Å². The molecule has 0 aliphatic heterocycles. The van der Waals surface area contributed by atoms with Gasteiger partial charge in [-0.05, 0) is 31.0 Å². The van der Waals surface area contributed by atoms with E-state index in [1.807, 2.05) is 6.92 Å². The van der Waals surface area contributed by atoms with E-state index in [2.05, 4.69) is 0 Å². The molecule has 0 heterocycles. The number of rotatable bonds is 4. The molecule has 0 saturated carbocycles. The number of hydrogen-bond donors (Lipinski definition) is 2. The highest BCUT2D eigenvalue weighted by atomic mass is 32.2. The van der Waals surface area contributed by atoms with Crippen molar-refractivity contribution in [3.05, 3.63) is 23.8 Å². The molecule has 0 aromatic heterocycles. The normalized spacial score (nSPS) is 13.7. The summed E-state index contributed by atoms with van der Waals surface area (Å²) in [6, 6.07) is 4.54. The topological polar surface area (TPSA) is 80.4 Å². The van der Waals surface area contributed by atoms with Crippen LogP contribution < -0.4 is 5.73 Å². The first-order valence-electron chi connectivity index (χ1n) is 5.10. The van der Waals surface area contributed by atoms with Crippen LogP contribution >= 0.6 is 0 Å². The molecule has 1 rings (SSSR count). The second kappa shape index (κ2) is 4.84. The van der Waals surface area contributed by atoms with Gasteiger partial charge in [0.15, 0.2) is 9.84 Å². The zero-order valence-electron chi connectivity index (χ0n) is 9.47. The fraction of sp³-hybridized carbons (Fsp3) is 0.455. The number of hydrogen-bond acceptors (Lipinski definition) is 4. The smallest absolute Gasteiger partial charge is 0.175 e. The molecule has 0 fully saturated rings. The Morgan fingerprint density at radius 2 is 2.06 bits per heavy atom. The Bertz CT molecular complexity index is 468. The van der Waals surface area contributed by atoms with Gasteiger partial charge in [0, 0.05) is 11.8 Å². The van der Waals surface area contributed by atoms with Gasteiger partial charge < -0.3 is 10.8 Å². The number of nitrogens with two attached hydrogens (primary N) is 1. The molecule has 0 radical (unpaired) electrons. The van der Waals surface area contributed by atoms with Crippen LogP contribution in [0.4, 0.5) is 0 Å². The fourth-order valence-corrected chi connectivity index (χ4v) is 2.78. The lowest BCUT2D eigenvalue weighted by atomic mass is 9.97. The summed E-state index contributed by atoms with van der Waals surface area (Å²) in [5.41, 5.74) is 5.91. The van der Waals surface area contributed by atoms with Crippen molar-refractivity contribution in [2.75, 3.05) is 12.8 Å². The van der Waals surface area contributed by atoms with Gasteiger partial charge in [-0.1, -0.05) is 13.0 Å². The van der Waals surface area contributed by atoms with E-state index in [1.54, 1.807) is 0 Å². The van der Waals surface area contributed by atoms with Crippen molar-refractivity contribution < 1.29 is 13.5 Å². The highest BCUT2D eigenvalue weighted by Crippen LogP contribution is 2.33. The lowest BCUT2D eigenvalue weighted by molar-refractivity contribution is 0.456. The molecule has 0 aliphatic carbocycles. The maximum Gasteiger partial charge on any atom is 0.175 e. The van der Waals surface area contributed by atoms with Crippen LogP contribution in [0.3, 0.4) is 0 Å². The van der Waals surface area contributed by atoms with Gasteiger partial charge in [0.25, 0.3) is 0 Å². The SMILES string of the molecule is CC(CCN)c1c(O)cccc1S(C)(=O)=O. The average molecular weight is 243 g/mol. The van der Waals surface area contributed by atoms with Gasteiger partial charge >= 0.3 is 0 Å². The Morgan fingerprint density at radius 3 is 2.56 bits per heavy atom. The van der Waals surface area contributed by atoms with Crippen LogP contribution in [0.2, 0.25) is 0 Å². The van der Waals surface area contributed by atoms with E-state index in [4.69, 9.17) is 5.73 Å². The van der Waals surface area contributed by atoms with Gasteiger partial charge in [0.2, 0.25) is 0 Å². The summed E-state index contributed by atoms with van der Waals surface area (Å²) in [7, 11) is -3.32. The first-order valence-corrected chi connectivity index (χ1v) is 6.99. The van der Waals surface area contributed by atoms with Crippen molar-refractivity contribution >= 4 is 9.84 Å². The zero-order valence-corrected chi connectivity index (χ0v) is 10.3. The van der Waals surface area contributed by atoms with Crippen LogP contribution in [0, 0.1) is 0 Å². The summed E-state index contributed by atoms with van der Waals surface area (Å²) >= 11 is 0. The van der Waals surface area contributed by atoms with Crippen LogP contribution in [-0.4, -0.2) is 26.3 Å². The van der Waals surface area contributed by atoms with Crippen LogP contribution in [0.5, 0.6) is 5.75 Å². The Balaban J connectivity index is 3.35. The van der Waals surface area contributed by atoms with E-state index in [1.165, 1.54) is 18.2 Å². The third-order valence-corrected chi connectivity index (χ3v) is 3.69. The molecule has 3 N–H and O–H groups in total. The van der Waals surface area contributed by atoms with Crippen molar-refractivity contribution in [3.63, 3.8) is 0 Å². The first kappa shape index (κ1) is 13.0. The summed E-state index contributed by atoms with van der Waals surface area (Å²) in [6.45, 7) is 2.31. The molecule has 0 aliphatic rings. The van der Waals surface area contributed by atoms with E-state index < -0.39 is 9.84 Å². The van der Waals surface area contributed by atoms with Crippen LogP contribution in [-0.2, 0) is 9.84 Å². The second-order valence-corrected chi connectivity index (χ2v) is 5.92. The maximum absolute atomic E-state index is 11.6. The molecule has 0 amide bonds. The van der Waals surface area contributed by atoms with E-state index in [9.17, 15) is 13.5 Å². The quantitative estimate of drug-likeness (QED) is 0.834. The second-order valence-electron chi connectivity index (χ2n) is 3.94. The molecule has 0 bridgehead atoms. The number of benzene rings is 1. The predicted octanol–water partition coefficient (Wildman–Crippen LogP) is 1.25. The third-order valence-electron chi connectivity index (χ3n) is 2.54. The van der Waals surface area contributed by atoms with Crippen molar-refractivity contribution in [1.29, 1.82) is 0 Å². The summed E-state index contributed by atoms with van der Waals surface area (Å²) in [4.78, 5) is 0.188. The lowest BCUT2D eigenvalue weighted by Gasteiger charge is -2.16. The Hall–Kier alpha value is -1.07. The molecular formula is C11H17NO3S. The maximum atomic E-state index is 11.6. The minimum Gasteiger partial charge on any atom is -0.508 e. The largest absolute Gasteiger partial charge is 0.508 e. The van der Waals surface area contributed by atoms with Gasteiger partial charge in [-0.2, -0.15) is 0 Å². The molecule has 90 valence electrons. The minimum absolute atomic E-state index is 0.0175. The van der Waals surface area contributed by atoms with Crippen molar-refractivity contribution in [2.45, 2.75) is 24.2 Å². The van der Waals surface area contributed by atoms with E-state index >= 15 is 0 Å².